The van der Waals surface area contributed by atoms with Crippen LogP contribution in [0.15, 0.2) is 66.7 Å². The van der Waals surface area contributed by atoms with E-state index >= 15 is 0 Å². The lowest BCUT2D eigenvalue weighted by Crippen LogP contribution is -1.89. The molecule has 0 saturated carbocycles. The third-order valence-electron chi connectivity index (χ3n) is 2.92. The van der Waals surface area contributed by atoms with Crippen molar-refractivity contribution >= 4 is 6.29 Å². The molecule has 0 aliphatic carbocycles. The van der Waals surface area contributed by atoms with Crippen molar-refractivity contribution in [3.05, 3.63) is 72.3 Å². The summed E-state index contributed by atoms with van der Waals surface area (Å²) in [5, 5.41) is 0. The molecule has 0 atom stereocenters. The van der Waals surface area contributed by atoms with E-state index in [1.54, 1.807) is 0 Å². The first-order valence-electron chi connectivity index (χ1n) is 6.00. The van der Waals surface area contributed by atoms with E-state index in [4.69, 9.17) is 0 Å². The normalized spacial score (nSPS) is 10.0. The van der Waals surface area contributed by atoms with E-state index in [-0.39, 0.29) is 0 Å². The van der Waals surface area contributed by atoms with Crippen LogP contribution in [0.3, 0.4) is 0 Å². The Morgan fingerprint density at radius 2 is 1.56 bits per heavy atom. The van der Waals surface area contributed by atoms with Gasteiger partial charge in [-0.3, -0.25) is 4.79 Å². The molecular formula is C17H15O. The lowest BCUT2D eigenvalue weighted by atomic mass is 10.0. The third kappa shape index (κ3) is 3.17. The maximum atomic E-state index is 10.3. The van der Waals surface area contributed by atoms with Crippen LogP contribution in [-0.4, -0.2) is 6.29 Å². The van der Waals surface area contributed by atoms with Gasteiger partial charge in [-0.2, -0.15) is 0 Å². The van der Waals surface area contributed by atoms with Crippen LogP contribution in [0.4, 0.5) is 0 Å². The predicted molar refractivity (Wildman–Crippen MR) is 75.0 cm³/mol. The van der Waals surface area contributed by atoms with Crippen molar-refractivity contribution in [3.63, 3.8) is 0 Å². The van der Waals surface area contributed by atoms with Crippen LogP contribution in [0, 0.1) is 0 Å². The second kappa shape index (κ2) is 5.97. The molecule has 0 saturated heterocycles. The maximum absolute atomic E-state index is 10.3. The molecule has 2 rings (SSSR count). The monoisotopic (exact) mass is 235 g/mol. The van der Waals surface area contributed by atoms with Crippen molar-refractivity contribution in [1.29, 1.82) is 0 Å². The molecule has 1 heteroatoms. The Kier molecular flexibility index (Phi) is 4.08. The van der Waals surface area contributed by atoms with Crippen LogP contribution >= 0.6 is 0 Å². The highest BCUT2D eigenvalue weighted by atomic mass is 16.1. The highest BCUT2D eigenvalue weighted by Gasteiger charge is 1.99. The topological polar surface area (TPSA) is 17.1 Å². The zero-order valence-corrected chi connectivity index (χ0v) is 10.2. The standard InChI is InChI=1S/C17H15O/c1-14(13-18)7-8-15-9-11-17(12-10-15)16-5-3-2-4-6-16/h2-6,9-12H,1,7-8H2. The fourth-order valence-electron chi connectivity index (χ4n) is 1.84. The van der Waals surface area contributed by atoms with Crippen LogP contribution in [-0.2, 0) is 11.2 Å². The number of hydrogen-bond acceptors (Lipinski definition) is 1. The summed E-state index contributed by atoms with van der Waals surface area (Å²) in [5.41, 5.74) is 4.17. The molecule has 0 amide bonds. The minimum atomic E-state index is 0.530. The molecular weight excluding hydrogens is 220 g/mol. The van der Waals surface area contributed by atoms with Crippen LogP contribution in [0.5, 0.6) is 0 Å². The molecule has 0 unspecified atom stereocenters. The van der Waals surface area contributed by atoms with Gasteiger partial charge < -0.3 is 0 Å². The van der Waals surface area contributed by atoms with Gasteiger partial charge in [0.1, 0.15) is 0 Å². The molecule has 0 spiro atoms. The van der Waals surface area contributed by atoms with Gasteiger partial charge in [-0.25, -0.2) is 0 Å². The average Bonchev–Trinajstić information content (AvgIpc) is 2.46. The summed E-state index contributed by atoms with van der Waals surface area (Å²) in [5.74, 6) is 0. The first kappa shape index (κ1) is 12.3. The van der Waals surface area contributed by atoms with Gasteiger partial charge in [0.2, 0.25) is 6.29 Å². The Bertz CT molecular complexity index is 523. The van der Waals surface area contributed by atoms with E-state index in [0.29, 0.717) is 12.0 Å². The van der Waals surface area contributed by atoms with Crippen LogP contribution < -0.4 is 0 Å². The van der Waals surface area contributed by atoms with Crippen molar-refractivity contribution in [2.75, 3.05) is 0 Å². The van der Waals surface area contributed by atoms with E-state index in [2.05, 4.69) is 43.0 Å². The highest BCUT2D eigenvalue weighted by Crippen LogP contribution is 2.19. The first-order chi connectivity index (χ1) is 8.79. The Morgan fingerprint density at radius 1 is 0.944 bits per heavy atom. The van der Waals surface area contributed by atoms with E-state index in [1.807, 2.05) is 24.5 Å². The van der Waals surface area contributed by atoms with Crippen LogP contribution in [0.1, 0.15) is 12.0 Å². The molecule has 1 nitrogen and oxygen atoms in total. The Labute approximate surface area is 108 Å². The molecule has 2 aromatic rings. The lowest BCUT2D eigenvalue weighted by molar-refractivity contribution is 0.560. The van der Waals surface area contributed by atoms with Crippen molar-refractivity contribution < 1.29 is 4.79 Å². The number of carbonyl (C=O) groups excluding carboxylic acids is 1. The SMILES string of the molecule is C=C([C]=O)CCc1ccc(-c2ccccc2)cc1. The maximum Gasteiger partial charge on any atom is 0.228 e. The Hall–Kier alpha value is -2.15. The summed E-state index contributed by atoms with van der Waals surface area (Å²) in [4.78, 5) is 10.3. The molecule has 1 radical (unpaired) electrons. The summed E-state index contributed by atoms with van der Waals surface area (Å²) in [6, 6.07) is 18.7. The molecule has 0 bridgehead atoms. The van der Waals surface area contributed by atoms with Gasteiger partial charge in [0, 0.05) is 0 Å². The number of benzene rings is 2. The fourth-order valence-corrected chi connectivity index (χ4v) is 1.84. The molecule has 0 aliphatic rings. The average molecular weight is 235 g/mol. The van der Waals surface area contributed by atoms with Crippen molar-refractivity contribution in [2.24, 2.45) is 0 Å². The number of allylic oxidation sites excluding steroid dienone is 1. The number of rotatable bonds is 5. The summed E-state index contributed by atoms with van der Waals surface area (Å²) < 4.78 is 0. The van der Waals surface area contributed by atoms with E-state index in [1.165, 1.54) is 16.7 Å². The molecule has 0 aliphatic heterocycles. The quantitative estimate of drug-likeness (QED) is 0.717. The molecule has 18 heavy (non-hydrogen) atoms. The van der Waals surface area contributed by atoms with Crippen molar-refractivity contribution in [2.45, 2.75) is 12.8 Å². The zero-order valence-electron chi connectivity index (χ0n) is 10.2. The first-order valence-corrected chi connectivity index (χ1v) is 6.00. The molecule has 0 aromatic heterocycles. The second-order valence-corrected chi connectivity index (χ2v) is 4.27. The molecule has 0 fully saturated rings. The Balaban J connectivity index is 2.06. The summed E-state index contributed by atoms with van der Waals surface area (Å²) in [6.45, 7) is 3.63. The largest absolute Gasteiger partial charge is 0.285 e. The fraction of sp³-hybridized carbons (Fsp3) is 0.118. The van der Waals surface area contributed by atoms with Crippen molar-refractivity contribution in [1.82, 2.24) is 0 Å². The molecule has 89 valence electrons. The minimum absolute atomic E-state index is 0.530. The predicted octanol–water partition coefficient (Wildman–Crippen LogP) is 3.95. The van der Waals surface area contributed by atoms with Gasteiger partial charge in [-0.05, 0) is 35.1 Å². The van der Waals surface area contributed by atoms with Gasteiger partial charge in [0.15, 0.2) is 0 Å². The summed E-state index contributed by atoms with van der Waals surface area (Å²) in [6.07, 6.45) is 3.34. The second-order valence-electron chi connectivity index (χ2n) is 4.27. The molecule has 0 N–H and O–H groups in total. The van der Waals surface area contributed by atoms with Gasteiger partial charge in [-0.1, -0.05) is 61.2 Å². The summed E-state index contributed by atoms with van der Waals surface area (Å²) in [7, 11) is 0. The van der Waals surface area contributed by atoms with E-state index in [0.717, 1.165) is 6.42 Å². The number of hydrogen-bond donors (Lipinski definition) is 0. The van der Waals surface area contributed by atoms with Crippen LogP contribution in [0.25, 0.3) is 11.1 Å². The Morgan fingerprint density at radius 3 is 2.17 bits per heavy atom. The van der Waals surface area contributed by atoms with Gasteiger partial charge in [-0.15, -0.1) is 0 Å². The molecule has 2 aromatic carbocycles. The summed E-state index contributed by atoms with van der Waals surface area (Å²) >= 11 is 0. The number of aryl methyl sites for hydroxylation is 1. The van der Waals surface area contributed by atoms with E-state index < -0.39 is 0 Å². The van der Waals surface area contributed by atoms with Crippen molar-refractivity contribution in [3.8, 4) is 11.1 Å². The molecule has 0 heterocycles. The van der Waals surface area contributed by atoms with E-state index in [9.17, 15) is 4.79 Å². The van der Waals surface area contributed by atoms with Crippen LogP contribution in [0.2, 0.25) is 0 Å². The van der Waals surface area contributed by atoms with Gasteiger partial charge >= 0.3 is 0 Å². The van der Waals surface area contributed by atoms with Gasteiger partial charge in [0.25, 0.3) is 0 Å². The van der Waals surface area contributed by atoms with Gasteiger partial charge in [0.05, 0.1) is 0 Å². The highest BCUT2D eigenvalue weighted by molar-refractivity contribution is 5.72. The third-order valence-corrected chi connectivity index (χ3v) is 2.92. The lowest BCUT2D eigenvalue weighted by Gasteiger charge is -2.04. The minimum Gasteiger partial charge on any atom is -0.285 e. The zero-order chi connectivity index (χ0) is 12.8. The smallest absolute Gasteiger partial charge is 0.228 e.